The Labute approximate surface area is 305 Å². The third-order valence-electron chi connectivity index (χ3n) is 11.4. The summed E-state index contributed by atoms with van der Waals surface area (Å²) in [7, 11) is 0. The first-order valence-corrected chi connectivity index (χ1v) is 18.1. The van der Waals surface area contributed by atoms with Crippen molar-refractivity contribution >= 4 is 0 Å². The third kappa shape index (κ3) is 4.29. The molecule has 0 N–H and O–H groups in total. The Hall–Kier alpha value is -6.44. The Morgan fingerprint density at radius 1 is 0.288 bits per heavy atom. The molecule has 0 bridgehead atoms. The van der Waals surface area contributed by atoms with Crippen LogP contribution in [0, 0.1) is 6.92 Å². The first-order chi connectivity index (χ1) is 25.7. The minimum absolute atomic E-state index is 0.424. The van der Waals surface area contributed by atoms with Crippen LogP contribution < -0.4 is 4.74 Å². The molecule has 0 atom stereocenters. The molecule has 0 radical (unpaired) electrons. The van der Waals surface area contributed by atoms with Crippen LogP contribution in [0.3, 0.4) is 0 Å². The summed E-state index contributed by atoms with van der Waals surface area (Å²) in [5.41, 5.74) is 15.8. The summed E-state index contributed by atoms with van der Waals surface area (Å²) in [4.78, 5) is 0. The van der Waals surface area contributed by atoms with E-state index < -0.39 is 10.8 Å². The molecule has 0 aromatic heterocycles. The summed E-state index contributed by atoms with van der Waals surface area (Å²) in [5.74, 6) is 1.62. The highest BCUT2D eigenvalue weighted by Gasteiger charge is 2.47. The molecule has 0 saturated carbocycles. The number of rotatable bonds is 6. The Balaban J connectivity index is 1.04. The molecule has 246 valence electrons. The van der Waals surface area contributed by atoms with Gasteiger partial charge in [-0.25, -0.2) is 0 Å². The molecule has 8 aromatic carbocycles. The lowest BCUT2D eigenvalue weighted by molar-refractivity contribution is 0.481. The van der Waals surface area contributed by atoms with Crippen LogP contribution in [0.5, 0.6) is 11.5 Å². The van der Waals surface area contributed by atoms with Gasteiger partial charge in [-0.05, 0) is 98.0 Å². The predicted molar refractivity (Wildman–Crippen MR) is 212 cm³/mol. The monoisotopic (exact) mass is 664 g/mol. The average Bonchev–Trinajstić information content (AvgIpc) is 3.68. The zero-order valence-electron chi connectivity index (χ0n) is 29.0. The molecule has 0 unspecified atom stereocenters. The molecular weight excluding hydrogens is 629 g/mol. The molecule has 2 aliphatic rings. The highest BCUT2D eigenvalue weighted by atomic mass is 16.5. The Morgan fingerprint density at radius 3 is 0.942 bits per heavy atom. The maximum Gasteiger partial charge on any atom is 0.127 e. The van der Waals surface area contributed by atoms with Crippen LogP contribution in [0.1, 0.15) is 50.1 Å². The van der Waals surface area contributed by atoms with E-state index in [0.29, 0.717) is 0 Å². The van der Waals surface area contributed by atoms with E-state index in [1.807, 2.05) is 0 Å². The number of hydrogen-bond acceptors (Lipinski definition) is 1. The molecule has 0 saturated heterocycles. The minimum atomic E-state index is -0.430. The standard InChI is InChI=1S/C51H36O/c1-35-23-25-37(26-24-35)51(48-21-11-7-17-44(48)45-18-8-12-22-49(45)51)39-29-33-41(34-30-39)52-40-31-27-38(28-32-40)50(36-13-3-2-4-14-36)46-19-9-5-15-42(46)43-16-6-10-20-47(43)50/h2-34H,1H3. The molecule has 0 spiro atoms. The molecule has 0 aliphatic heterocycles. The molecule has 1 heteroatoms. The second-order valence-corrected chi connectivity index (χ2v) is 14.1. The number of hydrogen-bond donors (Lipinski definition) is 0. The summed E-state index contributed by atoms with van der Waals surface area (Å²) in [5, 5.41) is 0. The van der Waals surface area contributed by atoms with Gasteiger partial charge in [0.2, 0.25) is 0 Å². The van der Waals surface area contributed by atoms with Crippen LogP contribution in [0.25, 0.3) is 22.3 Å². The molecule has 2 aliphatic carbocycles. The minimum Gasteiger partial charge on any atom is -0.457 e. The lowest BCUT2D eigenvalue weighted by Gasteiger charge is -2.34. The van der Waals surface area contributed by atoms with Crippen molar-refractivity contribution < 1.29 is 4.74 Å². The van der Waals surface area contributed by atoms with E-state index in [1.165, 1.54) is 72.3 Å². The van der Waals surface area contributed by atoms with Crippen LogP contribution >= 0.6 is 0 Å². The number of benzene rings is 8. The van der Waals surface area contributed by atoms with E-state index in [1.54, 1.807) is 0 Å². The summed E-state index contributed by atoms with van der Waals surface area (Å²) >= 11 is 0. The van der Waals surface area contributed by atoms with Crippen LogP contribution in [-0.4, -0.2) is 0 Å². The van der Waals surface area contributed by atoms with Crippen molar-refractivity contribution in [3.8, 4) is 33.8 Å². The van der Waals surface area contributed by atoms with E-state index in [4.69, 9.17) is 4.74 Å². The fourth-order valence-electron chi connectivity index (χ4n) is 9.22. The summed E-state index contributed by atoms with van der Waals surface area (Å²) in [6.45, 7) is 2.15. The van der Waals surface area contributed by atoms with Crippen molar-refractivity contribution in [1.82, 2.24) is 0 Å². The number of fused-ring (bicyclic) bond motifs is 6. The molecule has 0 fully saturated rings. The first-order valence-electron chi connectivity index (χ1n) is 18.1. The van der Waals surface area contributed by atoms with Crippen LogP contribution in [-0.2, 0) is 10.8 Å². The van der Waals surface area contributed by atoms with Crippen molar-refractivity contribution in [2.45, 2.75) is 17.8 Å². The fourth-order valence-corrected chi connectivity index (χ4v) is 9.22. The highest BCUT2D eigenvalue weighted by molar-refractivity contribution is 5.87. The molecule has 52 heavy (non-hydrogen) atoms. The van der Waals surface area contributed by atoms with Crippen molar-refractivity contribution in [3.05, 3.63) is 250 Å². The quantitative estimate of drug-likeness (QED) is 0.172. The van der Waals surface area contributed by atoms with E-state index in [2.05, 4.69) is 207 Å². The lowest BCUT2D eigenvalue weighted by atomic mass is 9.67. The maximum absolute atomic E-state index is 6.58. The summed E-state index contributed by atoms with van der Waals surface area (Å²) < 4.78 is 6.58. The smallest absolute Gasteiger partial charge is 0.127 e. The van der Waals surface area contributed by atoms with Gasteiger partial charge in [0.1, 0.15) is 11.5 Å². The Kier molecular flexibility index (Phi) is 6.91. The van der Waals surface area contributed by atoms with E-state index in [0.717, 1.165) is 11.5 Å². The third-order valence-corrected chi connectivity index (χ3v) is 11.4. The van der Waals surface area contributed by atoms with E-state index >= 15 is 0 Å². The molecule has 8 aromatic rings. The van der Waals surface area contributed by atoms with Gasteiger partial charge < -0.3 is 4.74 Å². The van der Waals surface area contributed by atoms with Crippen LogP contribution in [0.4, 0.5) is 0 Å². The van der Waals surface area contributed by atoms with Gasteiger partial charge in [0, 0.05) is 0 Å². The van der Waals surface area contributed by atoms with Crippen molar-refractivity contribution in [1.29, 1.82) is 0 Å². The van der Waals surface area contributed by atoms with Gasteiger partial charge in [-0.15, -0.1) is 0 Å². The molecule has 1 nitrogen and oxygen atoms in total. The largest absolute Gasteiger partial charge is 0.457 e. The zero-order chi connectivity index (χ0) is 34.7. The highest BCUT2D eigenvalue weighted by Crippen LogP contribution is 2.57. The Morgan fingerprint density at radius 2 is 0.577 bits per heavy atom. The maximum atomic E-state index is 6.58. The Bertz CT molecular complexity index is 2490. The second-order valence-electron chi connectivity index (χ2n) is 14.1. The van der Waals surface area contributed by atoms with Gasteiger partial charge in [-0.2, -0.15) is 0 Å². The predicted octanol–water partition coefficient (Wildman–Crippen LogP) is 12.5. The van der Waals surface area contributed by atoms with Gasteiger partial charge in [-0.1, -0.05) is 181 Å². The summed E-state index contributed by atoms with van der Waals surface area (Å²) in [6, 6.07) is 72.9. The van der Waals surface area contributed by atoms with Crippen molar-refractivity contribution in [2.24, 2.45) is 0 Å². The second kappa shape index (κ2) is 11.8. The van der Waals surface area contributed by atoms with Gasteiger partial charge in [0.25, 0.3) is 0 Å². The summed E-state index contributed by atoms with van der Waals surface area (Å²) in [6.07, 6.45) is 0. The number of aryl methyl sites for hydroxylation is 1. The van der Waals surface area contributed by atoms with Crippen LogP contribution in [0.2, 0.25) is 0 Å². The molecule has 0 amide bonds. The van der Waals surface area contributed by atoms with E-state index in [-0.39, 0.29) is 0 Å². The van der Waals surface area contributed by atoms with Gasteiger partial charge in [0.05, 0.1) is 10.8 Å². The topological polar surface area (TPSA) is 9.23 Å². The number of ether oxygens (including phenoxy) is 1. The fraction of sp³-hybridized carbons (Fsp3) is 0.0588. The first kappa shape index (κ1) is 30.4. The SMILES string of the molecule is Cc1ccc(C2(c3ccc(Oc4ccc(C5(c6ccccc6)c6ccccc6-c6ccccc65)cc4)cc3)c3ccccc3-c3ccccc32)cc1. The normalized spacial score (nSPS) is 14.2. The van der Waals surface area contributed by atoms with E-state index in [9.17, 15) is 0 Å². The van der Waals surface area contributed by atoms with Crippen molar-refractivity contribution in [2.75, 3.05) is 0 Å². The lowest BCUT2D eigenvalue weighted by Crippen LogP contribution is -2.28. The van der Waals surface area contributed by atoms with Gasteiger partial charge in [0.15, 0.2) is 0 Å². The molecule has 0 heterocycles. The molecule has 10 rings (SSSR count). The average molecular weight is 665 g/mol. The van der Waals surface area contributed by atoms with Gasteiger partial charge >= 0.3 is 0 Å². The zero-order valence-corrected chi connectivity index (χ0v) is 29.0. The molecular formula is C51H36O. The van der Waals surface area contributed by atoms with Crippen LogP contribution in [0.15, 0.2) is 200 Å². The van der Waals surface area contributed by atoms with Gasteiger partial charge in [-0.3, -0.25) is 0 Å². The van der Waals surface area contributed by atoms with Crippen molar-refractivity contribution in [3.63, 3.8) is 0 Å².